The van der Waals surface area contributed by atoms with Crippen LogP contribution in [-0.2, 0) is 4.79 Å². The molecule has 1 fully saturated rings. The number of amides is 1. The average molecular weight is 376 g/mol. The summed E-state index contributed by atoms with van der Waals surface area (Å²) >= 11 is 1.60. The largest absolute Gasteiger partial charge is 0.494 e. The molecule has 0 unspecified atom stereocenters. The van der Waals surface area contributed by atoms with Crippen LogP contribution in [0.25, 0.3) is 10.2 Å². The average Bonchev–Trinajstić information content (AvgIpc) is 3.08. The van der Waals surface area contributed by atoms with Crippen molar-refractivity contribution >= 4 is 32.6 Å². The number of aryl methyl sites for hydroxylation is 1. The summed E-state index contributed by atoms with van der Waals surface area (Å²) in [5, 5.41) is 0.796. The number of fused-ring (bicyclic) bond motifs is 1. The molecule has 6 heteroatoms. The van der Waals surface area contributed by atoms with E-state index in [1.54, 1.807) is 18.4 Å². The van der Waals surface area contributed by atoms with Crippen LogP contribution in [0.2, 0.25) is 0 Å². The summed E-state index contributed by atoms with van der Waals surface area (Å²) in [6, 6.07) is 4.00. The van der Waals surface area contributed by atoms with Gasteiger partial charge in [-0.1, -0.05) is 36.7 Å². The number of nitrogens with zero attached hydrogens (tertiary/aromatic N) is 3. The lowest BCUT2D eigenvalue weighted by atomic mass is 9.88. The number of ether oxygens (including phenoxy) is 1. The molecule has 0 saturated heterocycles. The van der Waals surface area contributed by atoms with Crippen molar-refractivity contribution in [3.05, 3.63) is 17.7 Å². The number of likely N-dealkylation sites (N-methyl/N-ethyl adjacent to an activating group) is 1. The first kappa shape index (κ1) is 19.1. The highest BCUT2D eigenvalue weighted by atomic mass is 32.1. The van der Waals surface area contributed by atoms with Crippen LogP contribution in [0.4, 0.5) is 5.13 Å². The highest BCUT2D eigenvalue weighted by Crippen LogP contribution is 2.37. The molecule has 0 spiro atoms. The van der Waals surface area contributed by atoms with Crippen molar-refractivity contribution in [1.82, 2.24) is 9.88 Å². The minimum atomic E-state index is 0.140. The minimum absolute atomic E-state index is 0.140. The Bertz CT molecular complexity index is 766. The normalized spacial score (nSPS) is 15.6. The fourth-order valence-electron chi connectivity index (χ4n) is 3.55. The number of thiazole rings is 1. The number of carbonyl (C=O) groups excluding carboxylic acids is 1. The van der Waals surface area contributed by atoms with E-state index in [1.165, 1.54) is 12.0 Å². The topological polar surface area (TPSA) is 45.7 Å². The SMILES string of the molecule is COc1ccc(C)c2sc(N(CCN(C)C)C(=O)C3CCCCC3)nc12. The molecule has 1 aliphatic rings. The second kappa shape index (κ2) is 8.35. The Morgan fingerprint density at radius 1 is 1.23 bits per heavy atom. The molecule has 142 valence electrons. The van der Waals surface area contributed by atoms with Crippen LogP contribution < -0.4 is 9.64 Å². The Morgan fingerprint density at radius 3 is 2.62 bits per heavy atom. The van der Waals surface area contributed by atoms with Crippen molar-refractivity contribution in [2.45, 2.75) is 39.0 Å². The van der Waals surface area contributed by atoms with Gasteiger partial charge in [0, 0.05) is 19.0 Å². The lowest BCUT2D eigenvalue weighted by molar-refractivity contribution is -0.123. The van der Waals surface area contributed by atoms with Gasteiger partial charge < -0.3 is 9.64 Å². The monoisotopic (exact) mass is 375 g/mol. The van der Waals surface area contributed by atoms with Crippen LogP contribution in [-0.4, -0.2) is 50.1 Å². The fourth-order valence-corrected chi connectivity index (χ4v) is 4.63. The predicted octanol–water partition coefficient (Wildman–Crippen LogP) is 4.09. The molecule has 0 aliphatic heterocycles. The summed E-state index contributed by atoms with van der Waals surface area (Å²) in [6.07, 6.45) is 5.57. The third kappa shape index (κ3) is 4.01. The smallest absolute Gasteiger partial charge is 0.231 e. The van der Waals surface area contributed by atoms with Gasteiger partial charge in [0.2, 0.25) is 5.91 Å². The standard InChI is InChI=1S/C20H29N3O2S/c1-14-10-11-16(25-4)17-18(14)26-20(21-17)23(13-12-22(2)3)19(24)15-8-6-5-7-9-15/h10-11,15H,5-9,12-13H2,1-4H3. The maximum Gasteiger partial charge on any atom is 0.231 e. The first-order valence-electron chi connectivity index (χ1n) is 9.41. The molecule has 1 heterocycles. The summed E-state index contributed by atoms with van der Waals surface area (Å²) in [5.74, 6) is 1.15. The fraction of sp³-hybridized carbons (Fsp3) is 0.600. The van der Waals surface area contributed by atoms with Gasteiger partial charge in [-0.2, -0.15) is 0 Å². The van der Waals surface area contributed by atoms with E-state index in [0.29, 0.717) is 6.54 Å². The summed E-state index contributed by atoms with van der Waals surface area (Å²) < 4.78 is 6.59. The summed E-state index contributed by atoms with van der Waals surface area (Å²) in [6.45, 7) is 3.57. The van der Waals surface area contributed by atoms with Crippen LogP contribution in [0.15, 0.2) is 12.1 Å². The Kier molecular flexibility index (Phi) is 6.14. The molecule has 0 atom stereocenters. The summed E-state index contributed by atoms with van der Waals surface area (Å²) in [7, 11) is 5.74. The summed E-state index contributed by atoms with van der Waals surface area (Å²) in [5.41, 5.74) is 2.03. The number of anilines is 1. The zero-order valence-corrected chi connectivity index (χ0v) is 17.1. The number of carbonyl (C=O) groups is 1. The van der Waals surface area contributed by atoms with Crippen LogP contribution in [0.5, 0.6) is 5.75 Å². The van der Waals surface area contributed by atoms with Crippen molar-refractivity contribution in [3.8, 4) is 5.75 Å². The van der Waals surface area contributed by atoms with Gasteiger partial charge in [-0.05, 0) is 45.5 Å². The van der Waals surface area contributed by atoms with Crippen molar-refractivity contribution in [3.63, 3.8) is 0 Å². The van der Waals surface area contributed by atoms with Gasteiger partial charge >= 0.3 is 0 Å². The van der Waals surface area contributed by atoms with E-state index < -0.39 is 0 Å². The molecule has 1 saturated carbocycles. The van der Waals surface area contributed by atoms with Gasteiger partial charge in [0.25, 0.3) is 0 Å². The van der Waals surface area contributed by atoms with Crippen molar-refractivity contribution < 1.29 is 9.53 Å². The molecule has 1 aromatic heterocycles. The zero-order chi connectivity index (χ0) is 18.7. The maximum atomic E-state index is 13.3. The predicted molar refractivity (Wildman–Crippen MR) is 108 cm³/mol. The third-order valence-electron chi connectivity index (χ3n) is 5.13. The second-order valence-electron chi connectivity index (χ2n) is 7.39. The van der Waals surface area contributed by atoms with E-state index in [1.807, 2.05) is 25.1 Å². The lowest BCUT2D eigenvalue weighted by Crippen LogP contribution is -2.41. The Morgan fingerprint density at radius 2 is 1.96 bits per heavy atom. The number of hydrogen-bond donors (Lipinski definition) is 0. The number of methoxy groups -OCH3 is 1. The van der Waals surface area contributed by atoms with Crippen LogP contribution >= 0.6 is 11.3 Å². The lowest BCUT2D eigenvalue weighted by Gasteiger charge is -2.28. The van der Waals surface area contributed by atoms with E-state index in [0.717, 1.165) is 53.3 Å². The van der Waals surface area contributed by atoms with E-state index in [9.17, 15) is 4.79 Å². The van der Waals surface area contributed by atoms with Gasteiger partial charge in [-0.15, -0.1) is 0 Å². The first-order valence-corrected chi connectivity index (χ1v) is 10.2. The number of rotatable bonds is 6. The van der Waals surface area contributed by atoms with Gasteiger partial charge in [0.05, 0.1) is 11.8 Å². The Hall–Kier alpha value is -1.66. The second-order valence-corrected chi connectivity index (χ2v) is 8.36. The summed E-state index contributed by atoms with van der Waals surface area (Å²) in [4.78, 5) is 22.1. The molecular weight excluding hydrogens is 346 g/mol. The highest BCUT2D eigenvalue weighted by molar-refractivity contribution is 7.22. The molecule has 26 heavy (non-hydrogen) atoms. The molecule has 5 nitrogen and oxygen atoms in total. The maximum absolute atomic E-state index is 13.3. The Labute approximate surface area is 160 Å². The molecule has 0 N–H and O–H groups in total. The van der Waals surface area contributed by atoms with Gasteiger partial charge in [0.1, 0.15) is 11.3 Å². The number of hydrogen-bond acceptors (Lipinski definition) is 5. The van der Waals surface area contributed by atoms with Crippen molar-refractivity contribution in [1.29, 1.82) is 0 Å². The van der Waals surface area contributed by atoms with Gasteiger partial charge in [-0.25, -0.2) is 4.98 Å². The number of aromatic nitrogens is 1. The quantitative estimate of drug-likeness (QED) is 0.763. The highest BCUT2D eigenvalue weighted by Gasteiger charge is 2.29. The first-order chi connectivity index (χ1) is 12.5. The molecule has 3 rings (SSSR count). The van der Waals surface area contributed by atoms with E-state index in [2.05, 4.69) is 17.9 Å². The Balaban J connectivity index is 1.96. The number of benzene rings is 1. The van der Waals surface area contributed by atoms with Crippen LogP contribution in [0.3, 0.4) is 0 Å². The van der Waals surface area contributed by atoms with E-state index >= 15 is 0 Å². The third-order valence-corrected chi connectivity index (χ3v) is 6.35. The molecule has 1 aliphatic carbocycles. The minimum Gasteiger partial charge on any atom is -0.494 e. The van der Waals surface area contributed by atoms with Crippen LogP contribution in [0, 0.1) is 12.8 Å². The molecule has 2 aromatic rings. The van der Waals surface area contributed by atoms with Gasteiger partial charge in [-0.3, -0.25) is 9.69 Å². The van der Waals surface area contributed by atoms with Crippen molar-refractivity contribution in [2.75, 3.05) is 39.2 Å². The van der Waals surface area contributed by atoms with Crippen LogP contribution in [0.1, 0.15) is 37.7 Å². The zero-order valence-electron chi connectivity index (χ0n) is 16.2. The van der Waals surface area contributed by atoms with E-state index in [4.69, 9.17) is 9.72 Å². The molecule has 1 amide bonds. The van der Waals surface area contributed by atoms with E-state index in [-0.39, 0.29) is 11.8 Å². The molecule has 1 aromatic carbocycles. The van der Waals surface area contributed by atoms with Gasteiger partial charge in [0.15, 0.2) is 5.13 Å². The molecule has 0 bridgehead atoms. The molecular formula is C20H29N3O2S. The van der Waals surface area contributed by atoms with Crippen molar-refractivity contribution in [2.24, 2.45) is 5.92 Å². The molecule has 0 radical (unpaired) electrons.